The predicted octanol–water partition coefficient (Wildman–Crippen LogP) is -0.563. The highest BCUT2D eigenvalue weighted by Gasteiger charge is 2.24. The number of hydrogen-bond donors (Lipinski definition) is 2. The van der Waals surface area contributed by atoms with E-state index in [1.54, 1.807) is 7.05 Å². The molecule has 0 bridgehead atoms. The third kappa shape index (κ3) is 2.97. The van der Waals surface area contributed by atoms with E-state index in [0.717, 1.165) is 25.9 Å². The fraction of sp³-hybridized carbons (Fsp3) is 0.889. The number of likely N-dealkylation sites (tertiary alicyclic amines) is 1. The minimum absolute atomic E-state index is 0.116. The third-order valence-electron chi connectivity index (χ3n) is 2.54. The molecule has 4 nitrogen and oxygen atoms in total. The van der Waals surface area contributed by atoms with Crippen LogP contribution in [0.15, 0.2) is 0 Å². The van der Waals surface area contributed by atoms with E-state index in [2.05, 4.69) is 10.2 Å². The molecule has 1 unspecified atom stereocenters. The van der Waals surface area contributed by atoms with Crippen LogP contribution < -0.4 is 5.32 Å². The number of piperidine rings is 1. The molecule has 0 aliphatic carbocycles. The first kappa shape index (κ1) is 10.5. The average molecular weight is 186 g/mol. The lowest BCUT2D eigenvalue weighted by Crippen LogP contribution is -2.43. The second-order valence-corrected chi connectivity index (χ2v) is 3.48. The van der Waals surface area contributed by atoms with Gasteiger partial charge in [0.2, 0.25) is 5.91 Å². The molecule has 76 valence electrons. The summed E-state index contributed by atoms with van der Waals surface area (Å²) in [5.74, 6) is 0.243. The Morgan fingerprint density at radius 3 is 3.08 bits per heavy atom. The molecule has 0 aromatic heterocycles. The summed E-state index contributed by atoms with van der Waals surface area (Å²) in [4.78, 5) is 13.5. The van der Waals surface area contributed by atoms with Crippen LogP contribution in [0.1, 0.15) is 12.8 Å². The molecule has 1 aliphatic rings. The summed E-state index contributed by atoms with van der Waals surface area (Å²) in [6.07, 6.45) is 2.03. The zero-order valence-corrected chi connectivity index (χ0v) is 8.12. The number of β-amino-alcohol motifs (C(OH)–C–C–N with tert-alkyl or cyclic N) is 1. The minimum Gasteiger partial charge on any atom is -0.395 e. The SMILES string of the molecule is CNC(=O)C1CCCN(CCO)C1. The van der Waals surface area contributed by atoms with Crippen LogP contribution >= 0.6 is 0 Å². The largest absolute Gasteiger partial charge is 0.395 e. The molecule has 0 aromatic rings. The molecule has 0 radical (unpaired) electrons. The Balaban J connectivity index is 2.37. The maximum absolute atomic E-state index is 11.3. The molecule has 2 N–H and O–H groups in total. The highest BCUT2D eigenvalue weighted by atomic mass is 16.3. The molecule has 1 rings (SSSR count). The molecule has 4 heteroatoms. The summed E-state index contributed by atoms with van der Waals surface area (Å²) < 4.78 is 0. The standard InChI is InChI=1S/C9H18N2O2/c1-10-9(13)8-3-2-4-11(7-8)5-6-12/h8,12H,2-7H2,1H3,(H,10,13). The Kier molecular flexibility index (Phi) is 4.18. The van der Waals surface area contributed by atoms with Gasteiger partial charge in [-0.25, -0.2) is 0 Å². The first-order valence-electron chi connectivity index (χ1n) is 4.82. The maximum atomic E-state index is 11.3. The van der Waals surface area contributed by atoms with Gasteiger partial charge in [0.25, 0.3) is 0 Å². The number of aliphatic hydroxyl groups is 1. The molecular formula is C9H18N2O2. The molecule has 1 saturated heterocycles. The van der Waals surface area contributed by atoms with Gasteiger partial charge in [0.05, 0.1) is 12.5 Å². The minimum atomic E-state index is 0.116. The van der Waals surface area contributed by atoms with Crippen LogP contribution in [0.3, 0.4) is 0 Å². The molecule has 1 atom stereocenters. The Morgan fingerprint density at radius 2 is 2.46 bits per heavy atom. The van der Waals surface area contributed by atoms with Gasteiger partial charge in [-0.3, -0.25) is 4.79 Å². The molecule has 1 aliphatic heterocycles. The van der Waals surface area contributed by atoms with Gasteiger partial charge in [0, 0.05) is 20.1 Å². The van der Waals surface area contributed by atoms with Gasteiger partial charge < -0.3 is 15.3 Å². The van der Waals surface area contributed by atoms with Gasteiger partial charge in [-0.2, -0.15) is 0 Å². The van der Waals surface area contributed by atoms with Crippen molar-refractivity contribution in [3.8, 4) is 0 Å². The lowest BCUT2D eigenvalue weighted by atomic mass is 9.97. The number of nitrogens with one attached hydrogen (secondary N) is 1. The van der Waals surface area contributed by atoms with Crippen LogP contribution in [0, 0.1) is 5.92 Å². The van der Waals surface area contributed by atoms with E-state index in [4.69, 9.17) is 5.11 Å². The first-order valence-corrected chi connectivity index (χ1v) is 4.82. The van der Waals surface area contributed by atoms with E-state index in [0.29, 0.717) is 6.54 Å². The van der Waals surface area contributed by atoms with Gasteiger partial charge in [-0.15, -0.1) is 0 Å². The van der Waals surface area contributed by atoms with Crippen LogP contribution in [0.4, 0.5) is 0 Å². The number of carbonyl (C=O) groups is 1. The van der Waals surface area contributed by atoms with Gasteiger partial charge in [0.1, 0.15) is 0 Å². The molecule has 13 heavy (non-hydrogen) atoms. The summed E-state index contributed by atoms with van der Waals surface area (Å²) in [7, 11) is 1.67. The Hall–Kier alpha value is -0.610. The number of carbonyl (C=O) groups excluding carboxylic acids is 1. The zero-order chi connectivity index (χ0) is 9.68. The van der Waals surface area contributed by atoms with Crippen molar-refractivity contribution in [3.63, 3.8) is 0 Å². The van der Waals surface area contributed by atoms with Crippen LogP contribution in [0.2, 0.25) is 0 Å². The molecule has 1 fully saturated rings. The molecule has 1 amide bonds. The number of nitrogens with zero attached hydrogens (tertiary/aromatic N) is 1. The van der Waals surface area contributed by atoms with Crippen LogP contribution in [-0.4, -0.2) is 49.2 Å². The highest BCUT2D eigenvalue weighted by molar-refractivity contribution is 5.78. The third-order valence-corrected chi connectivity index (χ3v) is 2.54. The van der Waals surface area contributed by atoms with Crippen molar-refractivity contribution in [1.82, 2.24) is 10.2 Å². The van der Waals surface area contributed by atoms with Crippen molar-refractivity contribution in [2.24, 2.45) is 5.92 Å². The van der Waals surface area contributed by atoms with Crippen molar-refractivity contribution >= 4 is 5.91 Å². The van der Waals surface area contributed by atoms with Gasteiger partial charge >= 0.3 is 0 Å². The normalized spacial score (nSPS) is 24.3. The average Bonchev–Trinajstić information content (AvgIpc) is 2.18. The smallest absolute Gasteiger partial charge is 0.224 e. The lowest BCUT2D eigenvalue weighted by Gasteiger charge is -2.31. The van der Waals surface area contributed by atoms with Crippen molar-refractivity contribution in [3.05, 3.63) is 0 Å². The summed E-state index contributed by atoms with van der Waals surface area (Å²) in [5, 5.41) is 11.4. The summed E-state index contributed by atoms with van der Waals surface area (Å²) in [6.45, 7) is 2.67. The summed E-state index contributed by atoms with van der Waals surface area (Å²) in [5.41, 5.74) is 0. The predicted molar refractivity (Wildman–Crippen MR) is 50.3 cm³/mol. The van der Waals surface area contributed by atoms with E-state index in [-0.39, 0.29) is 18.4 Å². The monoisotopic (exact) mass is 186 g/mol. The number of hydrogen-bond acceptors (Lipinski definition) is 3. The van der Waals surface area contributed by atoms with E-state index in [1.165, 1.54) is 0 Å². The number of aliphatic hydroxyl groups excluding tert-OH is 1. The fourth-order valence-corrected chi connectivity index (χ4v) is 1.82. The Bertz CT molecular complexity index is 171. The number of rotatable bonds is 3. The summed E-state index contributed by atoms with van der Waals surface area (Å²) >= 11 is 0. The van der Waals surface area contributed by atoms with Crippen LogP contribution in [-0.2, 0) is 4.79 Å². The topological polar surface area (TPSA) is 52.6 Å². The summed E-state index contributed by atoms with van der Waals surface area (Å²) in [6, 6.07) is 0. The zero-order valence-electron chi connectivity index (χ0n) is 8.12. The van der Waals surface area contributed by atoms with Gasteiger partial charge in [-0.1, -0.05) is 0 Å². The van der Waals surface area contributed by atoms with E-state index >= 15 is 0 Å². The quantitative estimate of drug-likeness (QED) is 0.621. The molecule has 0 aromatic carbocycles. The molecular weight excluding hydrogens is 168 g/mol. The highest BCUT2D eigenvalue weighted by Crippen LogP contribution is 2.15. The molecule has 1 heterocycles. The molecule has 0 spiro atoms. The Labute approximate surface area is 78.9 Å². The van der Waals surface area contributed by atoms with Crippen molar-refractivity contribution < 1.29 is 9.90 Å². The second kappa shape index (κ2) is 5.19. The Morgan fingerprint density at radius 1 is 1.69 bits per heavy atom. The van der Waals surface area contributed by atoms with Crippen molar-refractivity contribution in [2.75, 3.05) is 33.3 Å². The van der Waals surface area contributed by atoms with Crippen molar-refractivity contribution in [1.29, 1.82) is 0 Å². The van der Waals surface area contributed by atoms with E-state index in [1.807, 2.05) is 0 Å². The van der Waals surface area contributed by atoms with Crippen LogP contribution in [0.25, 0.3) is 0 Å². The van der Waals surface area contributed by atoms with E-state index in [9.17, 15) is 4.79 Å². The first-order chi connectivity index (χ1) is 6.27. The second-order valence-electron chi connectivity index (χ2n) is 3.48. The molecule has 0 saturated carbocycles. The lowest BCUT2D eigenvalue weighted by molar-refractivity contribution is -0.126. The van der Waals surface area contributed by atoms with Gasteiger partial charge in [-0.05, 0) is 19.4 Å². The van der Waals surface area contributed by atoms with Crippen LogP contribution in [0.5, 0.6) is 0 Å². The maximum Gasteiger partial charge on any atom is 0.224 e. The van der Waals surface area contributed by atoms with E-state index < -0.39 is 0 Å². The fourth-order valence-electron chi connectivity index (χ4n) is 1.82. The number of amides is 1. The van der Waals surface area contributed by atoms with Crippen molar-refractivity contribution in [2.45, 2.75) is 12.8 Å². The van der Waals surface area contributed by atoms with Gasteiger partial charge in [0.15, 0.2) is 0 Å².